The van der Waals surface area contributed by atoms with Crippen molar-refractivity contribution in [3.05, 3.63) is 38.5 Å². The van der Waals surface area contributed by atoms with Gasteiger partial charge >= 0.3 is 0 Å². The molecular formula is C13H12N2O2S2. The highest BCUT2D eigenvalue weighted by atomic mass is 32.1. The second-order valence-electron chi connectivity index (χ2n) is 3.59. The van der Waals surface area contributed by atoms with Crippen molar-refractivity contribution in [2.75, 3.05) is 6.61 Å². The van der Waals surface area contributed by atoms with E-state index >= 15 is 0 Å². The maximum atomic E-state index is 11.9. The number of hydrogen-bond donors (Lipinski definition) is 2. The molecule has 0 fully saturated rings. The average molecular weight is 292 g/mol. The van der Waals surface area contributed by atoms with E-state index in [-0.39, 0.29) is 12.5 Å². The Bertz CT molecular complexity index is 594. The number of thiazole rings is 1. The predicted octanol–water partition coefficient (Wildman–Crippen LogP) is 1.87. The molecule has 4 nitrogen and oxygen atoms in total. The lowest BCUT2D eigenvalue weighted by Gasteiger charge is -1.99. The number of carbonyl (C=O) groups is 1. The van der Waals surface area contributed by atoms with Crippen molar-refractivity contribution in [2.24, 2.45) is 0 Å². The first-order valence-electron chi connectivity index (χ1n) is 5.64. The monoisotopic (exact) mass is 292 g/mol. The topological polar surface area (TPSA) is 62.2 Å². The molecule has 0 aliphatic carbocycles. The van der Waals surface area contributed by atoms with Gasteiger partial charge in [0.2, 0.25) is 0 Å². The minimum atomic E-state index is -0.103. The van der Waals surface area contributed by atoms with Crippen molar-refractivity contribution in [3.63, 3.8) is 0 Å². The predicted molar refractivity (Wildman–Crippen MR) is 76.2 cm³/mol. The fourth-order valence-electron chi connectivity index (χ4n) is 1.32. The van der Waals surface area contributed by atoms with Gasteiger partial charge in [0, 0.05) is 17.5 Å². The SMILES string of the molecule is O=C(NCc1cncs1)c1ccc(C#CCCO)s1. The van der Waals surface area contributed by atoms with Crippen LogP contribution in [0, 0.1) is 11.8 Å². The van der Waals surface area contributed by atoms with Crippen LogP contribution in [0.25, 0.3) is 0 Å². The molecule has 2 rings (SSSR count). The highest BCUT2D eigenvalue weighted by molar-refractivity contribution is 7.14. The number of rotatable bonds is 4. The fourth-order valence-corrected chi connectivity index (χ4v) is 2.65. The molecule has 2 heterocycles. The number of aliphatic hydroxyl groups excluding tert-OH is 1. The van der Waals surface area contributed by atoms with E-state index in [1.807, 2.05) is 6.07 Å². The summed E-state index contributed by atoms with van der Waals surface area (Å²) in [5.41, 5.74) is 1.74. The molecule has 0 atom stereocenters. The summed E-state index contributed by atoms with van der Waals surface area (Å²) >= 11 is 2.86. The van der Waals surface area contributed by atoms with Gasteiger partial charge in [-0.15, -0.1) is 22.7 Å². The number of thiophene rings is 1. The number of aromatic nitrogens is 1. The molecular weight excluding hydrogens is 280 g/mol. The van der Waals surface area contributed by atoms with Crippen molar-refractivity contribution >= 4 is 28.6 Å². The zero-order chi connectivity index (χ0) is 13.5. The van der Waals surface area contributed by atoms with Gasteiger partial charge < -0.3 is 10.4 Å². The summed E-state index contributed by atoms with van der Waals surface area (Å²) in [6, 6.07) is 3.58. The second kappa shape index (κ2) is 7.04. The van der Waals surface area contributed by atoms with Crippen LogP contribution in [0.15, 0.2) is 23.8 Å². The lowest BCUT2D eigenvalue weighted by atomic mass is 10.4. The van der Waals surface area contributed by atoms with Crippen LogP contribution in [-0.4, -0.2) is 22.6 Å². The van der Waals surface area contributed by atoms with Gasteiger partial charge in [0.1, 0.15) is 0 Å². The van der Waals surface area contributed by atoms with E-state index in [1.54, 1.807) is 17.8 Å². The zero-order valence-corrected chi connectivity index (χ0v) is 11.7. The highest BCUT2D eigenvalue weighted by Gasteiger charge is 2.08. The Hall–Kier alpha value is -1.68. The minimum Gasteiger partial charge on any atom is -0.395 e. The van der Waals surface area contributed by atoms with Crippen molar-refractivity contribution in [3.8, 4) is 11.8 Å². The second-order valence-corrected chi connectivity index (χ2v) is 5.64. The normalized spacial score (nSPS) is 9.74. The first kappa shape index (κ1) is 13.7. The Morgan fingerprint density at radius 2 is 2.37 bits per heavy atom. The Labute approximate surface area is 119 Å². The van der Waals surface area contributed by atoms with Gasteiger partial charge in [-0.1, -0.05) is 11.8 Å². The van der Waals surface area contributed by atoms with Crippen molar-refractivity contribution in [1.29, 1.82) is 0 Å². The van der Waals surface area contributed by atoms with E-state index in [9.17, 15) is 4.79 Å². The number of amides is 1. The smallest absolute Gasteiger partial charge is 0.261 e. The van der Waals surface area contributed by atoms with Crippen LogP contribution in [0.4, 0.5) is 0 Å². The van der Waals surface area contributed by atoms with E-state index in [2.05, 4.69) is 22.1 Å². The lowest BCUT2D eigenvalue weighted by Crippen LogP contribution is -2.21. The molecule has 2 aromatic heterocycles. The first-order valence-corrected chi connectivity index (χ1v) is 7.34. The standard InChI is InChI=1S/C13H12N2O2S2/c16-6-2-1-3-10-4-5-12(19-10)13(17)15-8-11-7-14-9-18-11/h4-5,7,9,16H,2,6,8H2,(H,15,17). The number of aliphatic hydroxyl groups is 1. The van der Waals surface area contributed by atoms with Crippen LogP contribution in [-0.2, 0) is 6.54 Å². The molecule has 2 N–H and O–H groups in total. The third-order valence-electron chi connectivity index (χ3n) is 2.18. The summed E-state index contributed by atoms with van der Waals surface area (Å²) in [7, 11) is 0. The van der Waals surface area contributed by atoms with E-state index in [1.165, 1.54) is 22.7 Å². The maximum Gasteiger partial charge on any atom is 0.261 e. The number of nitrogens with zero attached hydrogens (tertiary/aromatic N) is 1. The first-order chi connectivity index (χ1) is 9.29. The summed E-state index contributed by atoms with van der Waals surface area (Å²) in [6.45, 7) is 0.549. The largest absolute Gasteiger partial charge is 0.395 e. The summed E-state index contributed by atoms with van der Waals surface area (Å²) in [4.78, 5) is 18.3. The van der Waals surface area contributed by atoms with E-state index in [0.29, 0.717) is 17.8 Å². The minimum absolute atomic E-state index is 0.0561. The van der Waals surface area contributed by atoms with E-state index in [0.717, 1.165) is 9.75 Å². The lowest BCUT2D eigenvalue weighted by molar-refractivity contribution is 0.0955. The third kappa shape index (κ3) is 4.17. The number of hydrogen-bond acceptors (Lipinski definition) is 5. The molecule has 6 heteroatoms. The van der Waals surface area contributed by atoms with Gasteiger partial charge in [-0.25, -0.2) is 0 Å². The van der Waals surface area contributed by atoms with Crippen molar-refractivity contribution in [2.45, 2.75) is 13.0 Å². The molecule has 0 spiro atoms. The molecule has 0 aliphatic heterocycles. The van der Waals surface area contributed by atoms with Gasteiger partial charge in [-0.3, -0.25) is 9.78 Å². The van der Waals surface area contributed by atoms with E-state index < -0.39 is 0 Å². The van der Waals surface area contributed by atoms with Crippen LogP contribution < -0.4 is 5.32 Å². The van der Waals surface area contributed by atoms with Crippen molar-refractivity contribution in [1.82, 2.24) is 10.3 Å². The van der Waals surface area contributed by atoms with E-state index in [4.69, 9.17) is 5.11 Å². The Balaban J connectivity index is 1.91. The quantitative estimate of drug-likeness (QED) is 0.846. The molecule has 98 valence electrons. The summed E-state index contributed by atoms with van der Waals surface area (Å²) in [5, 5.41) is 11.5. The summed E-state index contributed by atoms with van der Waals surface area (Å²) in [5.74, 6) is 5.64. The number of carbonyl (C=O) groups excluding carboxylic acids is 1. The van der Waals surface area contributed by atoms with Crippen LogP contribution in [0.1, 0.15) is 25.8 Å². The fraction of sp³-hybridized carbons (Fsp3) is 0.231. The zero-order valence-electron chi connectivity index (χ0n) is 10.0. The average Bonchev–Trinajstić information content (AvgIpc) is 3.07. The number of nitrogens with one attached hydrogen (secondary N) is 1. The van der Waals surface area contributed by atoms with Gasteiger partial charge in [0.25, 0.3) is 5.91 Å². The summed E-state index contributed by atoms with van der Waals surface area (Å²) < 4.78 is 0. The summed E-state index contributed by atoms with van der Waals surface area (Å²) in [6.07, 6.45) is 2.19. The highest BCUT2D eigenvalue weighted by Crippen LogP contribution is 2.15. The van der Waals surface area contributed by atoms with Crippen LogP contribution >= 0.6 is 22.7 Å². The molecule has 0 radical (unpaired) electrons. The maximum absolute atomic E-state index is 11.9. The molecule has 0 unspecified atom stereocenters. The van der Waals surface area contributed by atoms with Crippen molar-refractivity contribution < 1.29 is 9.90 Å². The Kier molecular flexibility index (Phi) is 5.10. The Morgan fingerprint density at radius 1 is 1.47 bits per heavy atom. The van der Waals surface area contributed by atoms with Crippen LogP contribution in [0.3, 0.4) is 0 Å². The molecule has 0 saturated heterocycles. The van der Waals surface area contributed by atoms with Gasteiger partial charge in [-0.2, -0.15) is 0 Å². The van der Waals surface area contributed by atoms with Crippen LogP contribution in [0.2, 0.25) is 0 Å². The molecule has 0 saturated carbocycles. The molecule has 2 aromatic rings. The third-order valence-corrected chi connectivity index (χ3v) is 3.96. The Morgan fingerprint density at radius 3 is 3.11 bits per heavy atom. The molecule has 0 bridgehead atoms. The molecule has 1 amide bonds. The molecule has 19 heavy (non-hydrogen) atoms. The van der Waals surface area contributed by atoms with Gasteiger partial charge in [0.05, 0.1) is 28.4 Å². The van der Waals surface area contributed by atoms with Gasteiger partial charge in [0.15, 0.2) is 0 Å². The molecule has 0 aromatic carbocycles. The van der Waals surface area contributed by atoms with Gasteiger partial charge in [-0.05, 0) is 12.1 Å². The van der Waals surface area contributed by atoms with Crippen LogP contribution in [0.5, 0.6) is 0 Å². The molecule has 0 aliphatic rings.